The summed E-state index contributed by atoms with van der Waals surface area (Å²) in [6, 6.07) is 2.51. The van der Waals surface area contributed by atoms with Crippen molar-refractivity contribution < 1.29 is 17.9 Å². The Hall–Kier alpha value is -1.30. The first-order valence-corrected chi connectivity index (χ1v) is 5.36. The molecule has 1 aromatic heterocycles. The lowest BCUT2D eigenvalue weighted by Gasteiger charge is -2.28. The van der Waals surface area contributed by atoms with Crippen molar-refractivity contribution >= 4 is 5.82 Å². The first-order valence-electron chi connectivity index (χ1n) is 5.36. The smallest absolute Gasteiger partial charge is 0.378 e. The van der Waals surface area contributed by atoms with Crippen LogP contribution in [0.4, 0.5) is 19.0 Å². The van der Waals surface area contributed by atoms with E-state index in [1.54, 1.807) is 0 Å². The van der Waals surface area contributed by atoms with Crippen LogP contribution in [0, 0.1) is 6.92 Å². The Labute approximate surface area is 97.2 Å². The molecule has 17 heavy (non-hydrogen) atoms. The van der Waals surface area contributed by atoms with Crippen LogP contribution in [0.25, 0.3) is 0 Å². The highest BCUT2D eigenvalue weighted by molar-refractivity contribution is 5.42. The van der Waals surface area contributed by atoms with Gasteiger partial charge in [0.25, 0.3) is 0 Å². The summed E-state index contributed by atoms with van der Waals surface area (Å²) in [6.45, 7) is 3.88. The van der Waals surface area contributed by atoms with Gasteiger partial charge in [0.05, 0.1) is 24.5 Å². The van der Waals surface area contributed by atoms with Gasteiger partial charge < -0.3 is 9.64 Å². The fourth-order valence-electron chi connectivity index (χ4n) is 1.82. The summed E-state index contributed by atoms with van der Waals surface area (Å²) in [5.74, 6) is 0.582. The third-order valence-corrected chi connectivity index (χ3v) is 2.71. The fraction of sp³-hybridized carbons (Fsp3) is 0.545. The Balaban J connectivity index is 2.24. The Morgan fingerprint density at radius 1 is 1.24 bits per heavy atom. The zero-order valence-corrected chi connectivity index (χ0v) is 9.42. The quantitative estimate of drug-likeness (QED) is 0.760. The predicted molar refractivity (Wildman–Crippen MR) is 57.0 cm³/mol. The number of hydrogen-bond donors (Lipinski definition) is 0. The van der Waals surface area contributed by atoms with Gasteiger partial charge in [-0.05, 0) is 19.1 Å². The van der Waals surface area contributed by atoms with E-state index in [2.05, 4.69) is 4.98 Å². The molecule has 0 atom stereocenters. The van der Waals surface area contributed by atoms with Crippen molar-refractivity contribution in [3.05, 3.63) is 23.4 Å². The molecule has 0 N–H and O–H groups in total. The lowest BCUT2D eigenvalue weighted by Crippen LogP contribution is -2.36. The second kappa shape index (κ2) is 4.52. The van der Waals surface area contributed by atoms with Gasteiger partial charge in [0.2, 0.25) is 0 Å². The largest absolute Gasteiger partial charge is 0.418 e. The van der Waals surface area contributed by atoms with Crippen molar-refractivity contribution in [2.45, 2.75) is 13.1 Å². The van der Waals surface area contributed by atoms with Crippen molar-refractivity contribution in [2.75, 3.05) is 31.2 Å². The maximum absolute atomic E-state index is 12.5. The average molecular weight is 246 g/mol. The molecule has 6 heteroatoms. The van der Waals surface area contributed by atoms with Crippen LogP contribution in [0.2, 0.25) is 0 Å². The van der Waals surface area contributed by atoms with Gasteiger partial charge in [0.1, 0.15) is 5.82 Å². The van der Waals surface area contributed by atoms with E-state index in [0.29, 0.717) is 32.1 Å². The number of morpholine rings is 1. The molecule has 0 bridgehead atoms. The SMILES string of the molecule is Cc1nc(N2CCOCC2)ccc1C(F)(F)F. The van der Waals surface area contributed by atoms with E-state index < -0.39 is 11.7 Å². The molecule has 2 heterocycles. The van der Waals surface area contributed by atoms with Gasteiger partial charge in [-0.25, -0.2) is 4.98 Å². The van der Waals surface area contributed by atoms with Crippen LogP contribution in [-0.2, 0) is 10.9 Å². The van der Waals surface area contributed by atoms with E-state index >= 15 is 0 Å². The molecule has 0 unspecified atom stereocenters. The van der Waals surface area contributed by atoms with Crippen molar-refractivity contribution in [1.82, 2.24) is 4.98 Å². The van der Waals surface area contributed by atoms with Crippen LogP contribution in [0.1, 0.15) is 11.3 Å². The number of halogens is 3. The summed E-state index contributed by atoms with van der Waals surface area (Å²) in [6.07, 6.45) is -4.33. The molecule has 1 fully saturated rings. The predicted octanol–water partition coefficient (Wildman–Crippen LogP) is 2.25. The molecule has 0 spiro atoms. The van der Waals surface area contributed by atoms with Gasteiger partial charge in [-0.1, -0.05) is 0 Å². The Bertz CT molecular complexity index is 400. The second-order valence-electron chi connectivity index (χ2n) is 3.90. The maximum atomic E-state index is 12.5. The number of aromatic nitrogens is 1. The highest BCUT2D eigenvalue weighted by Crippen LogP contribution is 2.32. The van der Waals surface area contributed by atoms with Crippen LogP contribution in [-0.4, -0.2) is 31.3 Å². The number of nitrogens with zero attached hydrogens (tertiary/aromatic N) is 2. The zero-order chi connectivity index (χ0) is 12.5. The minimum Gasteiger partial charge on any atom is -0.378 e. The number of ether oxygens (including phenoxy) is 1. The molecule has 1 aliphatic heterocycles. The lowest BCUT2D eigenvalue weighted by atomic mass is 10.2. The summed E-state index contributed by atoms with van der Waals surface area (Å²) in [4.78, 5) is 5.94. The van der Waals surface area contributed by atoms with Crippen molar-refractivity contribution in [3.63, 3.8) is 0 Å². The first-order chi connectivity index (χ1) is 7.98. The molecular weight excluding hydrogens is 233 g/mol. The van der Waals surface area contributed by atoms with E-state index in [4.69, 9.17) is 4.74 Å². The molecule has 0 amide bonds. The van der Waals surface area contributed by atoms with E-state index in [9.17, 15) is 13.2 Å². The van der Waals surface area contributed by atoms with Gasteiger partial charge >= 0.3 is 6.18 Å². The number of hydrogen-bond acceptors (Lipinski definition) is 3. The Morgan fingerprint density at radius 2 is 1.88 bits per heavy atom. The molecule has 0 aliphatic carbocycles. The molecule has 1 aromatic rings. The number of alkyl halides is 3. The Kier molecular flexibility index (Phi) is 3.24. The fourth-order valence-corrected chi connectivity index (χ4v) is 1.82. The monoisotopic (exact) mass is 246 g/mol. The van der Waals surface area contributed by atoms with E-state index in [-0.39, 0.29) is 5.69 Å². The molecular formula is C11H13F3N2O. The van der Waals surface area contributed by atoms with Crippen LogP contribution in [0.3, 0.4) is 0 Å². The van der Waals surface area contributed by atoms with Gasteiger partial charge in [0.15, 0.2) is 0 Å². The van der Waals surface area contributed by atoms with E-state index in [1.165, 1.54) is 13.0 Å². The summed E-state index contributed by atoms with van der Waals surface area (Å²) >= 11 is 0. The number of pyridine rings is 1. The third kappa shape index (κ3) is 2.69. The van der Waals surface area contributed by atoms with Crippen molar-refractivity contribution in [1.29, 1.82) is 0 Å². The third-order valence-electron chi connectivity index (χ3n) is 2.71. The molecule has 2 rings (SSSR count). The summed E-state index contributed by atoms with van der Waals surface area (Å²) in [5.41, 5.74) is -0.656. The normalized spacial score (nSPS) is 17.3. The number of rotatable bonds is 1. The maximum Gasteiger partial charge on any atom is 0.418 e. The van der Waals surface area contributed by atoms with Crippen LogP contribution < -0.4 is 4.90 Å². The molecule has 0 radical (unpaired) electrons. The number of aryl methyl sites for hydroxylation is 1. The summed E-state index contributed by atoms with van der Waals surface area (Å²) in [7, 11) is 0. The van der Waals surface area contributed by atoms with Crippen LogP contribution in [0.5, 0.6) is 0 Å². The van der Waals surface area contributed by atoms with Crippen molar-refractivity contribution in [3.8, 4) is 0 Å². The highest BCUT2D eigenvalue weighted by atomic mass is 19.4. The lowest BCUT2D eigenvalue weighted by molar-refractivity contribution is -0.138. The van der Waals surface area contributed by atoms with Gasteiger partial charge in [-0.3, -0.25) is 0 Å². The summed E-state index contributed by atoms with van der Waals surface area (Å²) in [5, 5.41) is 0. The average Bonchev–Trinajstić information content (AvgIpc) is 2.28. The summed E-state index contributed by atoms with van der Waals surface area (Å²) < 4.78 is 42.8. The highest BCUT2D eigenvalue weighted by Gasteiger charge is 2.33. The zero-order valence-electron chi connectivity index (χ0n) is 9.42. The van der Waals surface area contributed by atoms with Gasteiger partial charge in [-0.15, -0.1) is 0 Å². The van der Waals surface area contributed by atoms with Gasteiger partial charge in [0, 0.05) is 13.1 Å². The minimum absolute atomic E-state index is 0.0153. The molecule has 0 aromatic carbocycles. The molecule has 0 saturated carbocycles. The minimum atomic E-state index is -4.33. The topological polar surface area (TPSA) is 25.4 Å². The van der Waals surface area contributed by atoms with E-state index in [1.807, 2.05) is 4.90 Å². The Morgan fingerprint density at radius 3 is 2.41 bits per heavy atom. The first kappa shape index (κ1) is 12.2. The van der Waals surface area contributed by atoms with Gasteiger partial charge in [-0.2, -0.15) is 13.2 Å². The van der Waals surface area contributed by atoms with E-state index in [0.717, 1.165) is 6.07 Å². The van der Waals surface area contributed by atoms with Crippen LogP contribution in [0.15, 0.2) is 12.1 Å². The standard InChI is InChI=1S/C11H13F3N2O/c1-8-9(11(12,13)14)2-3-10(15-8)16-4-6-17-7-5-16/h2-3H,4-7H2,1H3. The molecule has 1 aliphatic rings. The molecule has 3 nitrogen and oxygen atoms in total. The second-order valence-corrected chi connectivity index (χ2v) is 3.90. The van der Waals surface area contributed by atoms with Crippen molar-refractivity contribution in [2.24, 2.45) is 0 Å². The molecule has 1 saturated heterocycles. The van der Waals surface area contributed by atoms with Crippen LogP contribution >= 0.6 is 0 Å². The molecule has 94 valence electrons. The number of anilines is 1.